The minimum absolute atomic E-state index is 0.211. The second-order valence-corrected chi connectivity index (χ2v) is 6.27. The second-order valence-electron chi connectivity index (χ2n) is 6.27. The van der Waals surface area contributed by atoms with E-state index in [0.29, 0.717) is 45.3 Å². The van der Waals surface area contributed by atoms with Gasteiger partial charge in [0.25, 0.3) is 0 Å². The summed E-state index contributed by atoms with van der Waals surface area (Å²) in [6, 6.07) is 6.66. The van der Waals surface area contributed by atoms with Gasteiger partial charge in [-0.15, -0.1) is 0 Å². The smallest absolute Gasteiger partial charge is 0.307 e. The van der Waals surface area contributed by atoms with Crippen molar-refractivity contribution in [1.29, 1.82) is 0 Å². The monoisotopic (exact) mass is 404 g/mol. The highest BCUT2D eigenvalue weighted by molar-refractivity contribution is 5.73. The molecule has 8 nitrogen and oxygen atoms in total. The Balaban J connectivity index is 2.61. The predicted octanol–water partition coefficient (Wildman–Crippen LogP) is 2.57. The predicted molar refractivity (Wildman–Crippen MR) is 105 cm³/mol. The second kappa shape index (κ2) is 9.68. The van der Waals surface area contributed by atoms with E-state index in [1.807, 2.05) is 0 Å². The molecule has 0 heterocycles. The van der Waals surface area contributed by atoms with E-state index in [4.69, 9.17) is 18.9 Å². The standard InChI is InChI=1S/C21H24O8/c1-26-16-6-12(14(10-20(22)23)8-18(16)28-3)5-13-7-17(27-2)19(29-4)9-15(13)11-21(24)25/h6-9H,5,10-11H2,1-4H3,(H,22,23)(H,24,25). The van der Waals surface area contributed by atoms with Crippen LogP contribution in [0, 0.1) is 0 Å². The molecule has 0 amide bonds. The van der Waals surface area contributed by atoms with Crippen LogP contribution in [0.15, 0.2) is 24.3 Å². The Morgan fingerprint density at radius 3 is 1.14 bits per heavy atom. The summed E-state index contributed by atoms with van der Waals surface area (Å²) >= 11 is 0. The fourth-order valence-corrected chi connectivity index (χ4v) is 3.12. The molecule has 0 radical (unpaired) electrons. The van der Waals surface area contributed by atoms with E-state index in [1.54, 1.807) is 24.3 Å². The Morgan fingerprint density at radius 2 is 0.897 bits per heavy atom. The van der Waals surface area contributed by atoms with E-state index in [0.717, 1.165) is 0 Å². The number of methoxy groups -OCH3 is 4. The maximum atomic E-state index is 11.3. The van der Waals surface area contributed by atoms with Crippen LogP contribution in [0.5, 0.6) is 23.0 Å². The van der Waals surface area contributed by atoms with Crippen LogP contribution in [0.2, 0.25) is 0 Å². The molecule has 0 fully saturated rings. The summed E-state index contributed by atoms with van der Waals surface area (Å²) in [4.78, 5) is 22.7. The highest BCUT2D eigenvalue weighted by atomic mass is 16.5. The normalized spacial score (nSPS) is 10.3. The fraction of sp³-hybridized carbons (Fsp3) is 0.333. The van der Waals surface area contributed by atoms with Gasteiger partial charge in [0, 0.05) is 0 Å². The third-order valence-corrected chi connectivity index (χ3v) is 4.48. The lowest BCUT2D eigenvalue weighted by Crippen LogP contribution is -2.09. The van der Waals surface area contributed by atoms with Crippen LogP contribution in [0.1, 0.15) is 22.3 Å². The zero-order valence-electron chi connectivity index (χ0n) is 16.8. The number of ether oxygens (including phenoxy) is 4. The molecule has 0 spiro atoms. The van der Waals surface area contributed by atoms with E-state index in [-0.39, 0.29) is 19.3 Å². The first kappa shape index (κ1) is 21.9. The van der Waals surface area contributed by atoms with E-state index in [1.165, 1.54) is 28.4 Å². The molecule has 0 bridgehead atoms. The molecule has 2 rings (SSSR count). The van der Waals surface area contributed by atoms with E-state index < -0.39 is 11.9 Å². The number of aliphatic carboxylic acids is 2. The Hall–Kier alpha value is -3.42. The van der Waals surface area contributed by atoms with Gasteiger partial charge in [0.1, 0.15) is 0 Å². The summed E-state index contributed by atoms with van der Waals surface area (Å²) in [5.74, 6) is -0.224. The SMILES string of the molecule is COc1cc(CC(=O)O)c(Cc2cc(OC)c(OC)cc2CC(=O)O)cc1OC. The number of hydrogen-bond acceptors (Lipinski definition) is 6. The first-order valence-corrected chi connectivity index (χ1v) is 8.74. The van der Waals surface area contributed by atoms with Crippen molar-refractivity contribution in [2.24, 2.45) is 0 Å². The van der Waals surface area contributed by atoms with Crippen LogP contribution in [0.3, 0.4) is 0 Å². The van der Waals surface area contributed by atoms with E-state index in [2.05, 4.69) is 0 Å². The molecule has 29 heavy (non-hydrogen) atoms. The quantitative estimate of drug-likeness (QED) is 0.621. The molecule has 0 atom stereocenters. The first-order valence-electron chi connectivity index (χ1n) is 8.74. The number of rotatable bonds is 10. The lowest BCUT2D eigenvalue weighted by Gasteiger charge is -2.17. The fourth-order valence-electron chi connectivity index (χ4n) is 3.12. The van der Waals surface area contributed by atoms with Gasteiger partial charge in [0.15, 0.2) is 23.0 Å². The molecule has 0 aliphatic heterocycles. The molecule has 156 valence electrons. The summed E-state index contributed by atoms with van der Waals surface area (Å²) in [5.41, 5.74) is 2.46. The molecule has 8 heteroatoms. The van der Waals surface area contributed by atoms with E-state index in [9.17, 15) is 19.8 Å². The lowest BCUT2D eigenvalue weighted by atomic mass is 9.93. The lowest BCUT2D eigenvalue weighted by molar-refractivity contribution is -0.137. The zero-order chi connectivity index (χ0) is 21.6. The molecule has 0 unspecified atom stereocenters. The van der Waals surface area contributed by atoms with Crippen LogP contribution in [0.25, 0.3) is 0 Å². The van der Waals surface area contributed by atoms with E-state index >= 15 is 0 Å². The van der Waals surface area contributed by atoms with Crippen molar-refractivity contribution < 1.29 is 38.7 Å². The summed E-state index contributed by atoms with van der Waals surface area (Å²) in [5, 5.41) is 18.6. The van der Waals surface area contributed by atoms with Gasteiger partial charge in [0.05, 0.1) is 41.3 Å². The summed E-state index contributed by atoms with van der Waals surface area (Å²) in [6.07, 6.45) is -0.138. The number of carbonyl (C=O) groups is 2. The highest BCUT2D eigenvalue weighted by Crippen LogP contribution is 2.35. The van der Waals surface area contributed by atoms with Gasteiger partial charge in [0.2, 0.25) is 0 Å². The molecular weight excluding hydrogens is 380 g/mol. The number of carboxylic acid groups (broad SMARTS) is 2. The number of carboxylic acids is 2. The van der Waals surface area contributed by atoms with Gasteiger partial charge in [-0.1, -0.05) is 0 Å². The van der Waals surface area contributed by atoms with Gasteiger partial charge < -0.3 is 29.2 Å². The van der Waals surface area contributed by atoms with Crippen molar-refractivity contribution in [3.63, 3.8) is 0 Å². The van der Waals surface area contributed by atoms with Gasteiger partial charge in [-0.05, 0) is 52.9 Å². The largest absolute Gasteiger partial charge is 0.493 e. The minimum Gasteiger partial charge on any atom is -0.493 e. The van der Waals surface area contributed by atoms with Gasteiger partial charge in [-0.2, -0.15) is 0 Å². The molecule has 0 aliphatic rings. The van der Waals surface area contributed by atoms with Crippen molar-refractivity contribution in [2.45, 2.75) is 19.3 Å². The maximum absolute atomic E-state index is 11.3. The molecule has 2 N–H and O–H groups in total. The summed E-state index contributed by atoms with van der Waals surface area (Å²) in [6.45, 7) is 0. The Bertz CT molecular complexity index is 831. The number of hydrogen-bond donors (Lipinski definition) is 2. The minimum atomic E-state index is -0.989. The molecule has 0 aromatic heterocycles. The first-order chi connectivity index (χ1) is 13.8. The Labute approximate surface area is 168 Å². The zero-order valence-corrected chi connectivity index (χ0v) is 16.8. The maximum Gasteiger partial charge on any atom is 0.307 e. The molecule has 0 aliphatic carbocycles. The summed E-state index contributed by atoms with van der Waals surface area (Å²) < 4.78 is 21.2. The van der Waals surface area contributed by atoms with Crippen molar-refractivity contribution in [3.8, 4) is 23.0 Å². The average molecular weight is 404 g/mol. The highest BCUT2D eigenvalue weighted by Gasteiger charge is 2.18. The van der Waals surface area contributed by atoms with Crippen LogP contribution in [-0.2, 0) is 28.9 Å². The van der Waals surface area contributed by atoms with Crippen LogP contribution < -0.4 is 18.9 Å². The molecular formula is C21H24O8. The van der Waals surface area contributed by atoms with Crippen molar-refractivity contribution in [3.05, 3.63) is 46.5 Å². The molecule has 2 aromatic carbocycles. The van der Waals surface area contributed by atoms with Crippen LogP contribution in [-0.4, -0.2) is 50.6 Å². The van der Waals surface area contributed by atoms with Crippen molar-refractivity contribution in [1.82, 2.24) is 0 Å². The van der Waals surface area contributed by atoms with Crippen LogP contribution >= 0.6 is 0 Å². The van der Waals surface area contributed by atoms with Gasteiger partial charge >= 0.3 is 11.9 Å². The topological polar surface area (TPSA) is 112 Å². The van der Waals surface area contributed by atoms with Gasteiger partial charge in [-0.25, -0.2) is 0 Å². The molecule has 2 aromatic rings. The van der Waals surface area contributed by atoms with Crippen molar-refractivity contribution in [2.75, 3.05) is 28.4 Å². The third-order valence-electron chi connectivity index (χ3n) is 4.48. The van der Waals surface area contributed by atoms with Crippen LogP contribution in [0.4, 0.5) is 0 Å². The molecule has 0 saturated carbocycles. The number of benzene rings is 2. The summed E-state index contributed by atoms with van der Waals surface area (Å²) in [7, 11) is 5.93. The Morgan fingerprint density at radius 1 is 0.621 bits per heavy atom. The van der Waals surface area contributed by atoms with Gasteiger partial charge in [-0.3, -0.25) is 9.59 Å². The molecule has 0 saturated heterocycles. The van der Waals surface area contributed by atoms with Crippen molar-refractivity contribution >= 4 is 11.9 Å². The average Bonchev–Trinajstić information content (AvgIpc) is 2.68. The Kier molecular flexibility index (Phi) is 7.30. The third kappa shape index (κ3) is 5.31.